The van der Waals surface area contributed by atoms with Crippen molar-refractivity contribution in [1.29, 1.82) is 0 Å². The number of aliphatic hydroxyl groups excluding tert-OH is 1. The summed E-state index contributed by atoms with van der Waals surface area (Å²) in [5, 5.41) is 9.52. The average Bonchev–Trinajstić information content (AvgIpc) is 2.47. The summed E-state index contributed by atoms with van der Waals surface area (Å²) >= 11 is 0. The van der Waals surface area contributed by atoms with Gasteiger partial charge in [0.25, 0.3) is 0 Å². The highest BCUT2D eigenvalue weighted by Crippen LogP contribution is 2.78. The Morgan fingerprint density at radius 1 is 1.09 bits per heavy atom. The van der Waals surface area contributed by atoms with E-state index in [1.807, 2.05) is 0 Å². The smallest absolute Gasteiger partial charge is 0.0551 e. The van der Waals surface area contributed by atoms with E-state index >= 15 is 0 Å². The van der Waals surface area contributed by atoms with Crippen LogP contribution < -0.4 is 0 Å². The normalized spacial score (nSPS) is 58.8. The van der Waals surface area contributed by atoms with E-state index in [2.05, 4.69) is 12.2 Å². The summed E-state index contributed by atoms with van der Waals surface area (Å²) in [4.78, 5) is 0. The molecule has 2 fully saturated rings. The second kappa shape index (κ2) is 1.56. The highest BCUT2D eigenvalue weighted by molar-refractivity contribution is 5.26. The third kappa shape index (κ3) is 0.572. The second-order valence-corrected chi connectivity index (χ2v) is 4.68. The van der Waals surface area contributed by atoms with Gasteiger partial charge in [-0.15, -0.1) is 0 Å². The maximum atomic E-state index is 9.52. The zero-order valence-electron chi connectivity index (χ0n) is 6.71. The molecule has 0 aliphatic heterocycles. The van der Waals surface area contributed by atoms with Crippen LogP contribution in [0.2, 0.25) is 0 Å². The van der Waals surface area contributed by atoms with Crippen LogP contribution in [0.3, 0.4) is 0 Å². The molecule has 0 amide bonds. The van der Waals surface area contributed by atoms with Crippen molar-refractivity contribution >= 4 is 0 Å². The molecule has 0 spiro atoms. The molecule has 0 heterocycles. The SMILES string of the molecule is OC1C[C@]23CC=CC[C@@]2(C1)C3. The highest BCUT2D eigenvalue weighted by atomic mass is 16.3. The van der Waals surface area contributed by atoms with E-state index < -0.39 is 0 Å². The maximum absolute atomic E-state index is 9.52. The molecular weight excluding hydrogens is 136 g/mol. The molecule has 0 radical (unpaired) electrons. The Labute approximate surface area is 67.1 Å². The highest BCUT2D eigenvalue weighted by Gasteiger charge is 2.70. The van der Waals surface area contributed by atoms with Crippen LogP contribution in [0, 0.1) is 10.8 Å². The van der Waals surface area contributed by atoms with Gasteiger partial charge in [-0.05, 0) is 42.9 Å². The molecule has 1 heteroatoms. The predicted octanol–water partition coefficient (Wildman–Crippen LogP) is 1.87. The molecule has 3 aliphatic carbocycles. The van der Waals surface area contributed by atoms with Crippen molar-refractivity contribution in [2.24, 2.45) is 10.8 Å². The minimum atomic E-state index is 0.0173. The largest absolute Gasteiger partial charge is 0.393 e. The monoisotopic (exact) mass is 150 g/mol. The van der Waals surface area contributed by atoms with Crippen LogP contribution in [-0.2, 0) is 0 Å². The lowest BCUT2D eigenvalue weighted by Crippen LogP contribution is -2.08. The van der Waals surface area contributed by atoms with Crippen LogP contribution >= 0.6 is 0 Å². The molecule has 60 valence electrons. The van der Waals surface area contributed by atoms with Crippen molar-refractivity contribution in [2.75, 3.05) is 0 Å². The summed E-state index contributed by atoms with van der Waals surface area (Å²) in [7, 11) is 0. The molecular formula is C10H14O. The third-order valence-corrected chi connectivity index (χ3v) is 4.11. The molecule has 2 saturated carbocycles. The van der Waals surface area contributed by atoms with Gasteiger partial charge in [-0.25, -0.2) is 0 Å². The standard InChI is InChI=1S/C10H14O/c11-8-5-9-3-1-2-4-10(9,6-8)7-9/h1-2,8,11H,3-7H2/t8?,9-,10+. The Morgan fingerprint density at radius 3 is 2.18 bits per heavy atom. The Morgan fingerprint density at radius 2 is 1.64 bits per heavy atom. The van der Waals surface area contributed by atoms with E-state index in [-0.39, 0.29) is 6.10 Å². The molecule has 1 unspecified atom stereocenters. The molecule has 0 bridgehead atoms. The van der Waals surface area contributed by atoms with Gasteiger partial charge >= 0.3 is 0 Å². The van der Waals surface area contributed by atoms with Gasteiger partial charge in [0.2, 0.25) is 0 Å². The summed E-state index contributed by atoms with van der Waals surface area (Å²) < 4.78 is 0. The molecule has 0 saturated heterocycles. The summed E-state index contributed by atoms with van der Waals surface area (Å²) in [5.74, 6) is 0. The third-order valence-electron chi connectivity index (χ3n) is 4.11. The van der Waals surface area contributed by atoms with Gasteiger partial charge in [-0.2, -0.15) is 0 Å². The molecule has 0 aromatic rings. The van der Waals surface area contributed by atoms with Crippen molar-refractivity contribution in [1.82, 2.24) is 0 Å². The molecule has 0 aromatic carbocycles. The first kappa shape index (κ1) is 6.24. The van der Waals surface area contributed by atoms with Crippen molar-refractivity contribution in [2.45, 2.75) is 38.2 Å². The van der Waals surface area contributed by atoms with Gasteiger partial charge in [0.05, 0.1) is 6.10 Å². The zero-order chi connectivity index (χ0) is 7.53. The summed E-state index contributed by atoms with van der Waals surface area (Å²) in [6.07, 6.45) is 10.7. The Hall–Kier alpha value is -0.300. The lowest BCUT2D eigenvalue weighted by atomic mass is 9.86. The molecule has 1 N–H and O–H groups in total. The molecule has 0 aromatic heterocycles. The minimum absolute atomic E-state index is 0.0173. The molecule has 1 nitrogen and oxygen atoms in total. The van der Waals surface area contributed by atoms with Crippen LogP contribution in [0.4, 0.5) is 0 Å². The average molecular weight is 150 g/mol. The number of hydrogen-bond donors (Lipinski definition) is 1. The summed E-state index contributed by atoms with van der Waals surface area (Å²) in [5.41, 5.74) is 1.14. The number of rotatable bonds is 0. The van der Waals surface area contributed by atoms with Crippen molar-refractivity contribution in [3.63, 3.8) is 0 Å². The van der Waals surface area contributed by atoms with E-state index in [1.165, 1.54) is 19.3 Å². The Balaban J connectivity index is 1.97. The van der Waals surface area contributed by atoms with Crippen molar-refractivity contribution < 1.29 is 5.11 Å². The van der Waals surface area contributed by atoms with Gasteiger partial charge in [-0.1, -0.05) is 12.2 Å². The summed E-state index contributed by atoms with van der Waals surface area (Å²) in [6, 6.07) is 0. The number of allylic oxidation sites excluding steroid dienone is 2. The van der Waals surface area contributed by atoms with Gasteiger partial charge in [-0.3, -0.25) is 0 Å². The fraction of sp³-hybridized carbons (Fsp3) is 0.800. The van der Waals surface area contributed by atoms with Gasteiger partial charge in [0, 0.05) is 0 Å². The van der Waals surface area contributed by atoms with Crippen LogP contribution in [0.15, 0.2) is 12.2 Å². The van der Waals surface area contributed by atoms with E-state index in [4.69, 9.17) is 0 Å². The fourth-order valence-electron chi connectivity index (χ4n) is 3.52. The number of hydrogen-bond acceptors (Lipinski definition) is 1. The van der Waals surface area contributed by atoms with Crippen LogP contribution in [0.5, 0.6) is 0 Å². The van der Waals surface area contributed by atoms with Crippen LogP contribution in [0.1, 0.15) is 32.1 Å². The van der Waals surface area contributed by atoms with E-state index in [0.29, 0.717) is 10.8 Å². The summed E-state index contributed by atoms with van der Waals surface area (Å²) in [6.45, 7) is 0. The first-order valence-corrected chi connectivity index (χ1v) is 4.60. The molecule has 3 atom stereocenters. The maximum Gasteiger partial charge on any atom is 0.0551 e. The zero-order valence-corrected chi connectivity index (χ0v) is 6.71. The van der Waals surface area contributed by atoms with Crippen LogP contribution in [0.25, 0.3) is 0 Å². The van der Waals surface area contributed by atoms with Crippen LogP contribution in [-0.4, -0.2) is 11.2 Å². The molecule has 11 heavy (non-hydrogen) atoms. The molecule has 3 aliphatic rings. The number of aliphatic hydroxyl groups is 1. The first-order valence-electron chi connectivity index (χ1n) is 4.60. The fourth-order valence-corrected chi connectivity index (χ4v) is 3.52. The van der Waals surface area contributed by atoms with Gasteiger partial charge in [0.15, 0.2) is 0 Å². The van der Waals surface area contributed by atoms with E-state index in [1.54, 1.807) is 0 Å². The van der Waals surface area contributed by atoms with E-state index in [0.717, 1.165) is 12.8 Å². The molecule has 3 rings (SSSR count). The van der Waals surface area contributed by atoms with Crippen molar-refractivity contribution in [3.05, 3.63) is 12.2 Å². The minimum Gasteiger partial charge on any atom is -0.393 e. The predicted molar refractivity (Wildman–Crippen MR) is 43.1 cm³/mol. The quantitative estimate of drug-likeness (QED) is 0.523. The Bertz CT molecular complexity index is 211. The van der Waals surface area contributed by atoms with Crippen molar-refractivity contribution in [3.8, 4) is 0 Å². The second-order valence-electron chi connectivity index (χ2n) is 4.68. The lowest BCUT2D eigenvalue weighted by molar-refractivity contribution is 0.154. The Kier molecular flexibility index (Phi) is 0.885. The van der Waals surface area contributed by atoms with Gasteiger partial charge < -0.3 is 5.11 Å². The topological polar surface area (TPSA) is 20.2 Å². The first-order chi connectivity index (χ1) is 5.27. The lowest BCUT2D eigenvalue weighted by Gasteiger charge is -2.18. The van der Waals surface area contributed by atoms with Gasteiger partial charge in [0.1, 0.15) is 0 Å². The van der Waals surface area contributed by atoms with E-state index in [9.17, 15) is 5.11 Å².